The number of hydrogen-bond donors (Lipinski definition) is 2. The molecule has 2 heterocycles. The van der Waals surface area contributed by atoms with E-state index in [2.05, 4.69) is 10.4 Å². The van der Waals surface area contributed by atoms with E-state index < -0.39 is 0 Å². The maximum atomic E-state index is 12.8. The molecular formula is C17H24N4O2. The molecule has 2 aromatic rings. The summed E-state index contributed by atoms with van der Waals surface area (Å²) in [6.45, 7) is 3.99. The molecule has 0 spiro atoms. The van der Waals surface area contributed by atoms with E-state index in [9.17, 15) is 4.79 Å². The Bertz CT molecular complexity index is 734. The normalized spacial score (nSPS) is 15.8. The molecule has 1 unspecified atom stereocenters. The van der Waals surface area contributed by atoms with Gasteiger partial charge in [-0.3, -0.25) is 9.48 Å². The van der Waals surface area contributed by atoms with Gasteiger partial charge in [0.05, 0.1) is 16.6 Å². The fourth-order valence-electron chi connectivity index (χ4n) is 3.03. The molecule has 6 heteroatoms. The minimum atomic E-state index is -0.101. The number of carbonyl (C=O) groups is 1. The summed E-state index contributed by atoms with van der Waals surface area (Å²) >= 11 is 0. The Labute approximate surface area is 135 Å². The molecule has 23 heavy (non-hydrogen) atoms. The third-order valence-electron chi connectivity index (χ3n) is 4.53. The van der Waals surface area contributed by atoms with Crippen LogP contribution in [0.15, 0.2) is 6.07 Å². The first-order valence-corrected chi connectivity index (χ1v) is 8.31. The summed E-state index contributed by atoms with van der Waals surface area (Å²) in [6.07, 6.45) is 3.64. The lowest BCUT2D eigenvalue weighted by Crippen LogP contribution is -2.35. The topological polar surface area (TPSA) is 80.0 Å². The summed E-state index contributed by atoms with van der Waals surface area (Å²) in [5.41, 5.74) is 3.23. The van der Waals surface area contributed by atoms with Gasteiger partial charge in [-0.05, 0) is 38.7 Å². The van der Waals surface area contributed by atoms with Gasteiger partial charge in [-0.15, -0.1) is 0 Å². The number of fused-ring (bicyclic) bond motifs is 1. The zero-order valence-electron chi connectivity index (χ0n) is 14.0. The molecule has 1 fully saturated rings. The van der Waals surface area contributed by atoms with Gasteiger partial charge in [0.1, 0.15) is 0 Å². The van der Waals surface area contributed by atoms with E-state index in [1.807, 2.05) is 27.0 Å². The van der Waals surface area contributed by atoms with E-state index in [1.54, 1.807) is 4.68 Å². The first-order chi connectivity index (χ1) is 11.0. The van der Waals surface area contributed by atoms with Crippen molar-refractivity contribution in [3.05, 3.63) is 23.0 Å². The van der Waals surface area contributed by atoms with E-state index in [1.165, 1.54) is 0 Å². The highest BCUT2D eigenvalue weighted by Crippen LogP contribution is 2.40. The van der Waals surface area contributed by atoms with E-state index in [0.717, 1.165) is 41.7 Å². The number of aliphatic hydroxyl groups excluding tert-OH is 1. The number of amides is 1. The van der Waals surface area contributed by atoms with E-state index in [4.69, 9.17) is 10.1 Å². The van der Waals surface area contributed by atoms with Gasteiger partial charge < -0.3 is 10.4 Å². The van der Waals surface area contributed by atoms with Crippen LogP contribution in [0.5, 0.6) is 0 Å². The number of aryl methyl sites for hydroxylation is 2. The number of hydrogen-bond acceptors (Lipinski definition) is 4. The van der Waals surface area contributed by atoms with Crippen LogP contribution in [-0.4, -0.2) is 38.4 Å². The minimum Gasteiger partial charge on any atom is -0.396 e. The molecule has 0 radical (unpaired) electrons. The number of rotatable bonds is 6. The number of aromatic nitrogens is 3. The van der Waals surface area contributed by atoms with Crippen molar-refractivity contribution in [2.75, 3.05) is 6.61 Å². The predicted molar refractivity (Wildman–Crippen MR) is 88.5 cm³/mol. The quantitative estimate of drug-likeness (QED) is 0.855. The second-order valence-corrected chi connectivity index (χ2v) is 6.37. The van der Waals surface area contributed by atoms with Crippen LogP contribution >= 0.6 is 0 Å². The molecule has 0 bridgehead atoms. The van der Waals surface area contributed by atoms with Crippen molar-refractivity contribution in [2.24, 2.45) is 7.05 Å². The molecule has 6 nitrogen and oxygen atoms in total. The van der Waals surface area contributed by atoms with Crippen LogP contribution in [0.1, 0.15) is 60.3 Å². The predicted octanol–water partition coefficient (Wildman–Crippen LogP) is 2.04. The highest BCUT2D eigenvalue weighted by molar-refractivity contribution is 6.06. The van der Waals surface area contributed by atoms with Crippen molar-refractivity contribution in [2.45, 2.75) is 51.5 Å². The van der Waals surface area contributed by atoms with E-state index >= 15 is 0 Å². The van der Waals surface area contributed by atoms with Crippen LogP contribution in [0.25, 0.3) is 11.0 Å². The Balaban J connectivity index is 2.02. The molecule has 124 valence electrons. The van der Waals surface area contributed by atoms with Gasteiger partial charge in [0.25, 0.3) is 5.91 Å². The van der Waals surface area contributed by atoms with Crippen LogP contribution in [-0.2, 0) is 7.05 Å². The molecule has 1 aliphatic rings. The smallest absolute Gasteiger partial charge is 0.252 e. The van der Waals surface area contributed by atoms with Crippen molar-refractivity contribution in [1.82, 2.24) is 20.1 Å². The number of nitrogens with one attached hydrogen (secondary N) is 1. The van der Waals surface area contributed by atoms with Crippen LogP contribution in [0.3, 0.4) is 0 Å². The van der Waals surface area contributed by atoms with Crippen molar-refractivity contribution >= 4 is 16.9 Å². The van der Waals surface area contributed by atoms with Gasteiger partial charge in [-0.25, -0.2) is 4.98 Å². The maximum Gasteiger partial charge on any atom is 0.252 e. The van der Waals surface area contributed by atoms with Crippen LogP contribution in [0, 0.1) is 6.92 Å². The molecule has 0 aliphatic heterocycles. The zero-order chi connectivity index (χ0) is 16.6. The molecule has 2 N–H and O–H groups in total. The van der Waals surface area contributed by atoms with Crippen molar-refractivity contribution in [1.29, 1.82) is 0 Å². The minimum absolute atomic E-state index is 0.0166. The molecule has 1 amide bonds. The molecular weight excluding hydrogens is 292 g/mol. The molecule has 0 aromatic carbocycles. The van der Waals surface area contributed by atoms with Crippen LogP contribution in [0.2, 0.25) is 0 Å². The van der Waals surface area contributed by atoms with Gasteiger partial charge >= 0.3 is 0 Å². The summed E-state index contributed by atoms with van der Waals surface area (Å²) in [5.74, 6) is 0.372. The van der Waals surface area contributed by atoms with E-state index in [0.29, 0.717) is 17.9 Å². The molecule has 3 rings (SSSR count). The number of pyridine rings is 1. The Morgan fingerprint density at radius 1 is 1.52 bits per heavy atom. The van der Waals surface area contributed by atoms with Crippen LogP contribution in [0.4, 0.5) is 0 Å². The zero-order valence-corrected chi connectivity index (χ0v) is 14.0. The second-order valence-electron chi connectivity index (χ2n) is 6.37. The summed E-state index contributed by atoms with van der Waals surface area (Å²) in [6, 6.07) is 1.91. The fraction of sp³-hybridized carbons (Fsp3) is 0.588. The second kappa shape index (κ2) is 6.28. The highest BCUT2D eigenvalue weighted by atomic mass is 16.3. The average molecular weight is 316 g/mol. The lowest BCUT2D eigenvalue weighted by Gasteiger charge is -2.16. The van der Waals surface area contributed by atoms with Crippen molar-refractivity contribution in [3.8, 4) is 0 Å². The van der Waals surface area contributed by atoms with Crippen molar-refractivity contribution in [3.63, 3.8) is 0 Å². The number of nitrogens with zero attached hydrogens (tertiary/aromatic N) is 3. The molecule has 1 atom stereocenters. The Morgan fingerprint density at radius 2 is 2.26 bits per heavy atom. The third kappa shape index (κ3) is 3.08. The van der Waals surface area contributed by atoms with Gasteiger partial charge in [0.2, 0.25) is 0 Å². The lowest BCUT2D eigenvalue weighted by atomic mass is 10.1. The largest absolute Gasteiger partial charge is 0.396 e. The monoisotopic (exact) mass is 316 g/mol. The summed E-state index contributed by atoms with van der Waals surface area (Å²) < 4.78 is 1.75. The van der Waals surface area contributed by atoms with E-state index in [-0.39, 0.29) is 18.6 Å². The summed E-state index contributed by atoms with van der Waals surface area (Å²) in [7, 11) is 1.86. The fourth-order valence-corrected chi connectivity index (χ4v) is 3.03. The van der Waals surface area contributed by atoms with Crippen molar-refractivity contribution < 1.29 is 9.90 Å². The van der Waals surface area contributed by atoms with Gasteiger partial charge in [0, 0.05) is 31.3 Å². The molecule has 1 aliphatic carbocycles. The van der Waals surface area contributed by atoms with Gasteiger partial charge in [0.15, 0.2) is 5.65 Å². The maximum absolute atomic E-state index is 12.8. The Morgan fingerprint density at radius 3 is 2.87 bits per heavy atom. The number of carbonyl (C=O) groups excluding carboxylic acids is 1. The number of aliphatic hydroxyl groups is 1. The lowest BCUT2D eigenvalue weighted by molar-refractivity contribution is 0.0930. The van der Waals surface area contributed by atoms with Gasteiger partial charge in [-0.1, -0.05) is 6.92 Å². The summed E-state index contributed by atoms with van der Waals surface area (Å²) in [5, 5.41) is 17.4. The van der Waals surface area contributed by atoms with Crippen LogP contribution < -0.4 is 5.32 Å². The third-order valence-corrected chi connectivity index (χ3v) is 4.53. The molecule has 0 saturated heterocycles. The first-order valence-electron chi connectivity index (χ1n) is 8.31. The molecule has 2 aromatic heterocycles. The van der Waals surface area contributed by atoms with Gasteiger partial charge in [-0.2, -0.15) is 5.10 Å². The average Bonchev–Trinajstić information content (AvgIpc) is 3.33. The first kappa shape index (κ1) is 15.9. The standard InChI is InChI=1S/C17H24N4O2/c1-4-12(7-8-22)18-17(23)13-9-14(11-5-6-11)19-16-15(13)10(2)20-21(16)3/h9,11-12,22H,4-8H2,1-3H3,(H,18,23). The SMILES string of the molecule is CCC(CCO)NC(=O)c1cc(C2CC2)nc2c1c(C)nn2C. The Kier molecular flexibility index (Phi) is 4.35. The molecule has 1 saturated carbocycles. The summed E-state index contributed by atoms with van der Waals surface area (Å²) in [4.78, 5) is 17.5. The highest BCUT2D eigenvalue weighted by Gasteiger charge is 2.28. The Hall–Kier alpha value is -1.95.